The fourth-order valence-electron chi connectivity index (χ4n) is 2.04. The van der Waals surface area contributed by atoms with Crippen molar-refractivity contribution in [3.05, 3.63) is 65.5 Å². The van der Waals surface area contributed by atoms with Gasteiger partial charge in [-0.2, -0.15) is 0 Å². The summed E-state index contributed by atoms with van der Waals surface area (Å²) in [7, 11) is 0. The van der Waals surface area contributed by atoms with Gasteiger partial charge in [0.2, 0.25) is 0 Å². The number of aromatic hydroxyl groups is 1. The van der Waals surface area contributed by atoms with Crippen molar-refractivity contribution in [3.63, 3.8) is 0 Å². The molecule has 1 unspecified atom stereocenters. The van der Waals surface area contributed by atoms with Gasteiger partial charge in [-0.3, -0.25) is 0 Å². The smallest absolute Gasteiger partial charge is 0.123 e. The molecule has 0 saturated heterocycles. The highest BCUT2D eigenvalue weighted by atomic mass is 19.1. The van der Waals surface area contributed by atoms with Crippen molar-refractivity contribution in [2.75, 3.05) is 0 Å². The van der Waals surface area contributed by atoms with Crippen LogP contribution in [0.3, 0.4) is 0 Å². The molecule has 94 valence electrons. The van der Waals surface area contributed by atoms with Crippen LogP contribution in [-0.2, 0) is 5.60 Å². The van der Waals surface area contributed by atoms with E-state index < -0.39 is 5.60 Å². The SMILES string of the molecule is CCC(O)(c1ccc(O)cc1)c1ccc(F)cc1. The standard InChI is InChI=1S/C15H15FO2/c1-2-15(18,11-3-7-13(16)8-4-11)12-5-9-14(17)10-6-12/h3-10,17-18H,2H2,1H3. The summed E-state index contributed by atoms with van der Waals surface area (Å²) in [6, 6.07) is 12.2. The van der Waals surface area contributed by atoms with Gasteiger partial charge >= 0.3 is 0 Å². The predicted molar refractivity (Wildman–Crippen MR) is 67.8 cm³/mol. The van der Waals surface area contributed by atoms with Crippen molar-refractivity contribution < 1.29 is 14.6 Å². The molecule has 0 bridgehead atoms. The lowest BCUT2D eigenvalue weighted by Gasteiger charge is -2.28. The zero-order valence-electron chi connectivity index (χ0n) is 10.1. The van der Waals surface area contributed by atoms with Crippen LogP contribution in [0.5, 0.6) is 5.75 Å². The highest BCUT2D eigenvalue weighted by Gasteiger charge is 2.29. The summed E-state index contributed by atoms with van der Waals surface area (Å²) in [6.07, 6.45) is 0.462. The lowest BCUT2D eigenvalue weighted by atomic mass is 9.84. The first-order valence-electron chi connectivity index (χ1n) is 5.84. The molecule has 0 amide bonds. The molecule has 2 aromatic rings. The van der Waals surface area contributed by atoms with Crippen LogP contribution in [0.1, 0.15) is 24.5 Å². The third-order valence-corrected chi connectivity index (χ3v) is 3.18. The second kappa shape index (κ2) is 4.78. The van der Waals surface area contributed by atoms with Crippen molar-refractivity contribution in [1.82, 2.24) is 0 Å². The molecule has 2 nitrogen and oxygen atoms in total. The van der Waals surface area contributed by atoms with Crippen LogP contribution in [-0.4, -0.2) is 10.2 Å². The van der Waals surface area contributed by atoms with E-state index in [2.05, 4.69) is 0 Å². The van der Waals surface area contributed by atoms with E-state index in [1.807, 2.05) is 6.92 Å². The Morgan fingerprint density at radius 1 is 0.944 bits per heavy atom. The van der Waals surface area contributed by atoms with Crippen molar-refractivity contribution >= 4 is 0 Å². The molecule has 0 fully saturated rings. The van der Waals surface area contributed by atoms with E-state index in [9.17, 15) is 14.6 Å². The molecular weight excluding hydrogens is 231 g/mol. The summed E-state index contributed by atoms with van der Waals surface area (Å²) in [4.78, 5) is 0. The van der Waals surface area contributed by atoms with Crippen molar-refractivity contribution in [3.8, 4) is 5.75 Å². The topological polar surface area (TPSA) is 40.5 Å². The minimum Gasteiger partial charge on any atom is -0.508 e. The first-order valence-corrected chi connectivity index (χ1v) is 5.84. The van der Waals surface area contributed by atoms with Gasteiger partial charge in [-0.25, -0.2) is 4.39 Å². The summed E-state index contributed by atoms with van der Waals surface area (Å²) in [5.41, 5.74) is 0.146. The van der Waals surface area contributed by atoms with Crippen molar-refractivity contribution in [1.29, 1.82) is 0 Å². The first-order chi connectivity index (χ1) is 8.56. The molecule has 0 saturated carbocycles. The van der Waals surface area contributed by atoms with Gasteiger partial charge in [-0.15, -0.1) is 0 Å². The Bertz CT molecular complexity index is 472. The zero-order valence-corrected chi connectivity index (χ0v) is 10.1. The number of aliphatic hydroxyl groups is 1. The second-order valence-corrected chi connectivity index (χ2v) is 4.27. The molecular formula is C15H15FO2. The van der Waals surface area contributed by atoms with Crippen LogP contribution >= 0.6 is 0 Å². The minimum absolute atomic E-state index is 0.149. The van der Waals surface area contributed by atoms with Crippen LogP contribution in [0.4, 0.5) is 4.39 Å². The highest BCUT2D eigenvalue weighted by molar-refractivity contribution is 5.38. The fourth-order valence-corrected chi connectivity index (χ4v) is 2.04. The van der Waals surface area contributed by atoms with Crippen LogP contribution in [0.2, 0.25) is 0 Å². The van der Waals surface area contributed by atoms with E-state index in [-0.39, 0.29) is 11.6 Å². The molecule has 2 N–H and O–H groups in total. The Morgan fingerprint density at radius 2 is 1.39 bits per heavy atom. The summed E-state index contributed by atoms with van der Waals surface area (Å²) < 4.78 is 12.9. The Morgan fingerprint density at radius 3 is 1.83 bits per heavy atom. The fraction of sp³-hybridized carbons (Fsp3) is 0.200. The van der Waals surface area contributed by atoms with Gasteiger partial charge in [0, 0.05) is 0 Å². The van der Waals surface area contributed by atoms with Gasteiger partial charge in [-0.1, -0.05) is 31.2 Å². The third kappa shape index (κ3) is 2.22. The average Bonchev–Trinajstić information content (AvgIpc) is 2.39. The number of phenols is 1. The summed E-state index contributed by atoms with van der Waals surface area (Å²) in [6.45, 7) is 1.86. The minimum atomic E-state index is -1.17. The maximum Gasteiger partial charge on any atom is 0.123 e. The number of benzene rings is 2. The number of hydrogen-bond acceptors (Lipinski definition) is 2. The Kier molecular flexibility index (Phi) is 3.34. The molecule has 0 aromatic heterocycles. The van der Waals surface area contributed by atoms with Gasteiger partial charge in [0.1, 0.15) is 17.2 Å². The van der Waals surface area contributed by atoms with Gasteiger partial charge in [0.25, 0.3) is 0 Å². The normalized spacial score (nSPS) is 14.2. The molecule has 1 atom stereocenters. The number of phenolic OH excluding ortho intramolecular Hbond substituents is 1. The van der Waals surface area contributed by atoms with Crippen LogP contribution in [0, 0.1) is 5.82 Å². The first kappa shape index (κ1) is 12.6. The molecule has 3 heteroatoms. The Labute approximate surface area is 105 Å². The Hall–Kier alpha value is -1.87. The van der Waals surface area contributed by atoms with E-state index in [0.717, 1.165) is 0 Å². The van der Waals surface area contributed by atoms with Crippen molar-refractivity contribution in [2.24, 2.45) is 0 Å². The van der Waals surface area contributed by atoms with Gasteiger partial charge in [0.15, 0.2) is 0 Å². The second-order valence-electron chi connectivity index (χ2n) is 4.27. The largest absolute Gasteiger partial charge is 0.508 e. The Balaban J connectivity index is 2.47. The number of rotatable bonds is 3. The number of halogens is 1. The van der Waals surface area contributed by atoms with Gasteiger partial charge < -0.3 is 10.2 Å². The van der Waals surface area contributed by atoms with Gasteiger partial charge in [0.05, 0.1) is 0 Å². The summed E-state index contributed by atoms with van der Waals surface area (Å²) >= 11 is 0. The van der Waals surface area contributed by atoms with E-state index in [1.165, 1.54) is 24.3 Å². The van der Waals surface area contributed by atoms with Crippen molar-refractivity contribution in [2.45, 2.75) is 18.9 Å². The molecule has 0 radical (unpaired) electrons. The molecule has 0 aliphatic heterocycles. The zero-order chi connectivity index (χ0) is 13.2. The molecule has 0 spiro atoms. The quantitative estimate of drug-likeness (QED) is 0.873. The molecule has 0 aliphatic carbocycles. The molecule has 2 rings (SSSR count). The maximum absolute atomic E-state index is 12.9. The summed E-state index contributed by atoms with van der Waals surface area (Å²) in [5, 5.41) is 20.0. The molecule has 18 heavy (non-hydrogen) atoms. The van der Waals surface area contributed by atoms with Crippen LogP contribution in [0.15, 0.2) is 48.5 Å². The average molecular weight is 246 g/mol. The monoisotopic (exact) mass is 246 g/mol. The van der Waals surface area contributed by atoms with Crippen LogP contribution < -0.4 is 0 Å². The maximum atomic E-state index is 12.9. The van der Waals surface area contributed by atoms with E-state index in [4.69, 9.17) is 0 Å². The number of hydrogen-bond donors (Lipinski definition) is 2. The lowest BCUT2D eigenvalue weighted by Crippen LogP contribution is -2.26. The van der Waals surface area contributed by atoms with E-state index in [0.29, 0.717) is 17.5 Å². The molecule has 0 aliphatic rings. The molecule has 0 heterocycles. The molecule has 2 aromatic carbocycles. The third-order valence-electron chi connectivity index (χ3n) is 3.18. The van der Waals surface area contributed by atoms with Crippen LogP contribution in [0.25, 0.3) is 0 Å². The van der Waals surface area contributed by atoms with E-state index in [1.54, 1.807) is 24.3 Å². The highest BCUT2D eigenvalue weighted by Crippen LogP contribution is 2.33. The lowest BCUT2D eigenvalue weighted by molar-refractivity contribution is 0.0764. The van der Waals surface area contributed by atoms with E-state index >= 15 is 0 Å². The predicted octanol–water partition coefficient (Wildman–Crippen LogP) is 3.18. The summed E-state index contributed by atoms with van der Waals surface area (Å²) in [5.74, 6) is -0.181. The van der Waals surface area contributed by atoms with Gasteiger partial charge in [-0.05, 0) is 41.8 Å².